The lowest BCUT2D eigenvalue weighted by Crippen LogP contribution is -2.41. The highest BCUT2D eigenvalue weighted by atomic mass is 32.1. The second-order valence-corrected chi connectivity index (χ2v) is 11.1. The van der Waals surface area contributed by atoms with Crippen molar-refractivity contribution >= 4 is 50.5 Å². The second-order valence-electron chi connectivity index (χ2n) is 10.1. The first-order chi connectivity index (χ1) is 22.1. The maximum atomic E-state index is 15.0. The molecular weight excluding hydrogens is 666 g/mol. The molecule has 248 valence electrons. The van der Waals surface area contributed by atoms with Crippen LogP contribution in [0.5, 0.6) is 5.75 Å². The fourth-order valence-electron chi connectivity index (χ4n) is 4.75. The molecule has 0 aliphatic carbocycles. The van der Waals surface area contributed by atoms with Crippen LogP contribution < -0.4 is 15.4 Å². The minimum atomic E-state index is -5.11. The monoisotopic (exact) mass is 687 g/mol. The molecule has 3 amide bonds. The number of amides is 3. The molecule has 1 saturated heterocycles. The van der Waals surface area contributed by atoms with Gasteiger partial charge in [0.15, 0.2) is 0 Å². The van der Waals surface area contributed by atoms with Crippen LogP contribution in [-0.4, -0.2) is 56.0 Å². The molecule has 4 aromatic rings. The number of rotatable bonds is 6. The second kappa shape index (κ2) is 12.8. The summed E-state index contributed by atoms with van der Waals surface area (Å²) in [5.41, 5.74) is -4.47. The minimum Gasteiger partial charge on any atom is -0.496 e. The van der Waals surface area contributed by atoms with Crippen LogP contribution in [0.2, 0.25) is 0 Å². The maximum absolute atomic E-state index is 15.0. The maximum Gasteiger partial charge on any atom is 0.419 e. The Labute approximate surface area is 263 Å². The summed E-state index contributed by atoms with van der Waals surface area (Å²) in [6.45, 7) is 0.726. The van der Waals surface area contributed by atoms with Crippen LogP contribution in [0.15, 0.2) is 48.5 Å². The number of halogens is 8. The number of carbonyl (C=O) groups excluding carboxylic acids is 3. The van der Waals surface area contributed by atoms with E-state index < -0.39 is 69.0 Å². The third kappa shape index (κ3) is 7.00. The molecule has 8 nitrogen and oxygen atoms in total. The summed E-state index contributed by atoms with van der Waals surface area (Å²) in [6, 6.07) is 5.75. The number of nitrogens with one attached hydrogen (secondary N) is 2. The molecule has 5 rings (SSSR count). The molecular formula is C30H21F8N3O5S. The molecule has 17 heteroatoms. The summed E-state index contributed by atoms with van der Waals surface area (Å²) in [5.74, 6) is -5.90. The van der Waals surface area contributed by atoms with Crippen molar-refractivity contribution in [2.24, 2.45) is 0 Å². The summed E-state index contributed by atoms with van der Waals surface area (Å²) in [4.78, 5) is 40.9. The summed E-state index contributed by atoms with van der Waals surface area (Å²) < 4.78 is 119. The molecule has 0 spiro atoms. The van der Waals surface area contributed by atoms with E-state index >= 15 is 0 Å². The van der Waals surface area contributed by atoms with Gasteiger partial charge in [0.2, 0.25) is 0 Å². The summed E-state index contributed by atoms with van der Waals surface area (Å²) >= 11 is 0.484. The van der Waals surface area contributed by atoms with Crippen molar-refractivity contribution in [3.05, 3.63) is 87.3 Å². The minimum absolute atomic E-state index is 0.0534. The van der Waals surface area contributed by atoms with Crippen LogP contribution in [-0.2, 0) is 17.1 Å². The predicted octanol–water partition coefficient (Wildman–Crippen LogP) is 7.20. The molecule has 3 aromatic carbocycles. The van der Waals surface area contributed by atoms with Gasteiger partial charge < -0.3 is 25.0 Å². The van der Waals surface area contributed by atoms with Gasteiger partial charge in [0.05, 0.1) is 48.3 Å². The molecule has 0 saturated carbocycles. The van der Waals surface area contributed by atoms with Gasteiger partial charge in [0.1, 0.15) is 22.3 Å². The number of alkyl halides is 6. The number of methoxy groups -OCH3 is 1. The zero-order chi connectivity index (χ0) is 34.3. The summed E-state index contributed by atoms with van der Waals surface area (Å²) in [6.07, 6.45) is -9.89. The smallest absolute Gasteiger partial charge is 0.419 e. The Hall–Kier alpha value is -4.77. The first-order valence-electron chi connectivity index (χ1n) is 13.5. The van der Waals surface area contributed by atoms with Gasteiger partial charge in [0, 0.05) is 34.9 Å². The number of anilines is 2. The Kier molecular flexibility index (Phi) is 9.14. The van der Waals surface area contributed by atoms with Crippen molar-refractivity contribution in [3.63, 3.8) is 0 Å². The number of hydrogen-bond donors (Lipinski definition) is 2. The molecule has 0 atom stereocenters. The zero-order valence-electron chi connectivity index (χ0n) is 23.9. The van der Waals surface area contributed by atoms with Crippen LogP contribution in [0, 0.1) is 11.6 Å². The van der Waals surface area contributed by atoms with Crippen LogP contribution in [0.4, 0.5) is 46.5 Å². The normalized spacial score (nSPS) is 13.9. The van der Waals surface area contributed by atoms with Gasteiger partial charge in [-0.15, -0.1) is 11.3 Å². The van der Waals surface area contributed by atoms with Crippen LogP contribution >= 0.6 is 11.3 Å². The third-order valence-corrected chi connectivity index (χ3v) is 8.21. The van der Waals surface area contributed by atoms with E-state index in [-0.39, 0.29) is 53.4 Å². The Balaban J connectivity index is 1.56. The molecule has 1 aliphatic heterocycles. The molecule has 0 bridgehead atoms. The van der Waals surface area contributed by atoms with Crippen molar-refractivity contribution < 1.29 is 59.0 Å². The number of thiophene rings is 1. The predicted molar refractivity (Wildman–Crippen MR) is 154 cm³/mol. The average Bonchev–Trinajstić information content (AvgIpc) is 3.38. The number of carbonyl (C=O) groups is 3. The lowest BCUT2D eigenvalue weighted by atomic mass is 10.1. The van der Waals surface area contributed by atoms with Gasteiger partial charge in [-0.2, -0.15) is 26.3 Å². The van der Waals surface area contributed by atoms with Crippen molar-refractivity contribution in [1.29, 1.82) is 0 Å². The van der Waals surface area contributed by atoms with Crippen molar-refractivity contribution in [3.8, 4) is 5.75 Å². The number of benzene rings is 3. The van der Waals surface area contributed by atoms with Crippen LogP contribution in [0.1, 0.15) is 41.5 Å². The summed E-state index contributed by atoms with van der Waals surface area (Å²) in [7, 11) is 1.12. The van der Waals surface area contributed by atoms with E-state index in [4.69, 9.17) is 9.47 Å². The lowest BCUT2D eigenvalue weighted by Gasteiger charge is -2.27. The lowest BCUT2D eigenvalue weighted by molar-refractivity contribution is -0.140. The molecule has 0 unspecified atom stereocenters. The van der Waals surface area contributed by atoms with Crippen LogP contribution in [0.3, 0.4) is 0 Å². The Morgan fingerprint density at radius 3 is 2.17 bits per heavy atom. The Bertz CT molecular complexity index is 1880. The number of hydrogen-bond acceptors (Lipinski definition) is 6. The highest BCUT2D eigenvalue weighted by Gasteiger charge is 2.35. The molecule has 2 heterocycles. The van der Waals surface area contributed by atoms with Crippen molar-refractivity contribution in [1.82, 2.24) is 4.90 Å². The SMILES string of the molecule is COc1cc(F)c(C(=O)N2CCOCC2)cc1C(=O)Nc1c(C(=O)Nc2ccc(F)c(C(F)(F)F)c2)sc2cc(C(F)(F)F)ccc12. The molecule has 1 fully saturated rings. The van der Waals surface area contributed by atoms with E-state index in [0.717, 1.165) is 31.4 Å². The highest BCUT2D eigenvalue weighted by molar-refractivity contribution is 7.21. The molecule has 1 aliphatic rings. The first kappa shape index (κ1) is 33.6. The fraction of sp³-hybridized carbons (Fsp3) is 0.233. The van der Waals surface area contributed by atoms with Crippen molar-refractivity contribution in [2.75, 3.05) is 44.0 Å². The first-order valence-corrected chi connectivity index (χ1v) is 14.3. The van der Waals surface area contributed by atoms with Gasteiger partial charge in [-0.3, -0.25) is 14.4 Å². The molecule has 2 N–H and O–H groups in total. The van der Waals surface area contributed by atoms with E-state index in [0.29, 0.717) is 35.6 Å². The van der Waals surface area contributed by atoms with Gasteiger partial charge in [-0.1, -0.05) is 6.07 Å². The van der Waals surface area contributed by atoms with E-state index in [1.807, 2.05) is 0 Å². The highest BCUT2D eigenvalue weighted by Crippen LogP contribution is 2.41. The zero-order valence-corrected chi connectivity index (χ0v) is 24.7. The van der Waals surface area contributed by atoms with Crippen LogP contribution in [0.25, 0.3) is 10.1 Å². The van der Waals surface area contributed by atoms with Gasteiger partial charge in [0.25, 0.3) is 17.7 Å². The Morgan fingerprint density at radius 2 is 1.53 bits per heavy atom. The Morgan fingerprint density at radius 1 is 0.830 bits per heavy atom. The standard InChI is InChI=1S/C30H21F8N3O5S/c1-45-22-13-21(32)17(28(44)41-6-8-46-9-7-41)12-18(22)26(42)40-24-16-4-2-14(29(33,34)35)10-23(16)47-25(24)27(43)39-15-3-5-20(31)19(11-15)30(36,37)38/h2-5,10-13H,6-9H2,1H3,(H,39,43)(H,40,42). The van der Waals surface area contributed by atoms with Gasteiger partial charge in [-0.25, -0.2) is 8.78 Å². The quantitative estimate of drug-likeness (QED) is 0.209. The molecule has 47 heavy (non-hydrogen) atoms. The largest absolute Gasteiger partial charge is 0.496 e. The number of nitrogens with zero attached hydrogens (tertiary/aromatic N) is 1. The number of morpholine rings is 1. The van der Waals surface area contributed by atoms with E-state index in [2.05, 4.69) is 10.6 Å². The third-order valence-electron chi connectivity index (χ3n) is 7.05. The van der Waals surface area contributed by atoms with Crippen molar-refractivity contribution in [2.45, 2.75) is 12.4 Å². The van der Waals surface area contributed by atoms with E-state index in [1.165, 1.54) is 4.90 Å². The van der Waals surface area contributed by atoms with E-state index in [9.17, 15) is 49.5 Å². The summed E-state index contributed by atoms with van der Waals surface area (Å²) in [5, 5.41) is 4.49. The van der Waals surface area contributed by atoms with E-state index in [1.54, 1.807) is 0 Å². The van der Waals surface area contributed by atoms with Gasteiger partial charge >= 0.3 is 12.4 Å². The topological polar surface area (TPSA) is 97.0 Å². The number of fused-ring (bicyclic) bond motifs is 1. The molecule has 1 aromatic heterocycles. The fourth-order valence-corrected chi connectivity index (χ4v) is 5.84. The number of ether oxygens (including phenoxy) is 2. The van der Waals surface area contributed by atoms with Gasteiger partial charge in [-0.05, 0) is 36.4 Å². The average molecular weight is 688 g/mol. The molecule has 0 radical (unpaired) electrons.